The van der Waals surface area contributed by atoms with Crippen LogP contribution in [-0.4, -0.2) is 45.0 Å². The van der Waals surface area contributed by atoms with Gasteiger partial charge < -0.3 is 29.4 Å². The zero-order chi connectivity index (χ0) is 25.2. The minimum absolute atomic E-state index is 0.232. The highest BCUT2D eigenvalue weighted by molar-refractivity contribution is 5.94. The zero-order valence-corrected chi connectivity index (χ0v) is 20.1. The predicted octanol–water partition coefficient (Wildman–Crippen LogP) is 4.86. The zero-order valence-electron chi connectivity index (χ0n) is 20.1. The highest BCUT2D eigenvalue weighted by atomic mass is 16.5. The van der Waals surface area contributed by atoms with Crippen molar-refractivity contribution >= 4 is 22.5 Å². The molecule has 9 nitrogen and oxygen atoms in total. The molecule has 6 rings (SSSR count). The van der Waals surface area contributed by atoms with Gasteiger partial charge in [0.25, 0.3) is 0 Å². The monoisotopic (exact) mass is 497 g/mol. The Hall–Kier alpha value is -4.21. The molecule has 3 N–H and O–H groups in total. The number of furan rings is 1. The van der Waals surface area contributed by atoms with E-state index in [0.29, 0.717) is 23.1 Å². The van der Waals surface area contributed by atoms with E-state index in [1.807, 2.05) is 36.4 Å². The third-order valence-corrected chi connectivity index (χ3v) is 6.78. The van der Waals surface area contributed by atoms with Gasteiger partial charge in [0.2, 0.25) is 5.95 Å². The molecule has 1 fully saturated rings. The minimum atomic E-state index is -1.06. The summed E-state index contributed by atoms with van der Waals surface area (Å²) < 4.78 is 11.0. The maximum absolute atomic E-state index is 10.3. The third-order valence-electron chi connectivity index (χ3n) is 6.78. The van der Waals surface area contributed by atoms with Crippen molar-refractivity contribution in [3.63, 3.8) is 0 Å². The Morgan fingerprint density at radius 2 is 1.95 bits per heavy atom. The Labute approximate surface area is 213 Å². The number of aliphatic hydroxyl groups is 2. The van der Waals surface area contributed by atoms with E-state index in [4.69, 9.17) is 8.94 Å². The van der Waals surface area contributed by atoms with Crippen LogP contribution in [0.1, 0.15) is 24.8 Å². The molecule has 3 aromatic heterocycles. The van der Waals surface area contributed by atoms with Crippen LogP contribution >= 0.6 is 0 Å². The number of hydrogen-bond donors (Lipinski definition) is 3. The van der Waals surface area contributed by atoms with Crippen molar-refractivity contribution in [1.29, 1.82) is 0 Å². The summed E-state index contributed by atoms with van der Waals surface area (Å²) in [4.78, 5) is 11.1. The number of nitrogens with one attached hydrogen (secondary N) is 1. The molecule has 0 aliphatic carbocycles. The van der Waals surface area contributed by atoms with Crippen molar-refractivity contribution in [3.8, 4) is 22.6 Å². The Bertz CT molecular complexity index is 1480. The largest absolute Gasteiger partial charge is 0.465 e. The Morgan fingerprint density at radius 1 is 1.08 bits per heavy atom. The summed E-state index contributed by atoms with van der Waals surface area (Å²) >= 11 is 0. The summed E-state index contributed by atoms with van der Waals surface area (Å²) in [5, 5.41) is 27.8. The van der Waals surface area contributed by atoms with E-state index in [0.717, 1.165) is 53.6 Å². The highest BCUT2D eigenvalue weighted by Gasteiger charge is 2.20. The first-order chi connectivity index (χ1) is 18.2. The van der Waals surface area contributed by atoms with Gasteiger partial charge in [-0.15, -0.1) is 0 Å². The molecule has 0 radical (unpaired) electrons. The molecule has 2 unspecified atom stereocenters. The van der Waals surface area contributed by atoms with E-state index in [2.05, 4.69) is 37.5 Å². The first-order valence-electron chi connectivity index (χ1n) is 12.3. The number of piperidine rings is 1. The maximum Gasteiger partial charge on any atom is 0.225 e. The van der Waals surface area contributed by atoms with Gasteiger partial charge >= 0.3 is 0 Å². The van der Waals surface area contributed by atoms with Crippen molar-refractivity contribution in [2.75, 3.05) is 29.9 Å². The molecule has 1 aliphatic heterocycles. The number of hydrogen-bond acceptors (Lipinski definition) is 9. The summed E-state index contributed by atoms with van der Waals surface area (Å²) in [6.07, 6.45) is 4.24. The topological polar surface area (TPSA) is 121 Å². The molecule has 9 heteroatoms. The van der Waals surface area contributed by atoms with Crippen LogP contribution in [0.3, 0.4) is 0 Å². The molecule has 0 amide bonds. The van der Waals surface area contributed by atoms with Gasteiger partial charge in [0.15, 0.2) is 17.7 Å². The van der Waals surface area contributed by atoms with Gasteiger partial charge in [-0.2, -0.15) is 0 Å². The van der Waals surface area contributed by atoms with E-state index >= 15 is 0 Å². The van der Waals surface area contributed by atoms with Crippen LogP contribution in [0.2, 0.25) is 0 Å². The number of rotatable bonds is 7. The number of fused-ring (bicyclic) bond motifs is 1. The molecule has 188 valence electrons. The number of aromatic nitrogens is 3. The average molecular weight is 498 g/mol. The summed E-state index contributed by atoms with van der Waals surface area (Å²) in [7, 11) is 0. The molecule has 5 aromatic rings. The Balaban J connectivity index is 1.25. The molecule has 0 bridgehead atoms. The fourth-order valence-corrected chi connectivity index (χ4v) is 4.81. The first kappa shape index (κ1) is 23.2. The molecular weight excluding hydrogens is 470 g/mol. The lowest BCUT2D eigenvalue weighted by Gasteiger charge is -2.33. The van der Waals surface area contributed by atoms with Crippen LogP contribution in [-0.2, 0) is 0 Å². The number of aliphatic hydroxyl groups excluding tert-OH is 2. The Morgan fingerprint density at radius 3 is 2.76 bits per heavy atom. The summed E-state index contributed by atoms with van der Waals surface area (Å²) in [6, 6.07) is 19.3. The summed E-state index contributed by atoms with van der Waals surface area (Å²) in [5.74, 6) is 1.68. The van der Waals surface area contributed by atoms with E-state index in [1.54, 1.807) is 18.3 Å². The number of anilines is 2. The lowest BCUT2D eigenvalue weighted by atomic mass is 9.98. The van der Waals surface area contributed by atoms with Crippen molar-refractivity contribution in [3.05, 3.63) is 78.9 Å². The lowest BCUT2D eigenvalue weighted by molar-refractivity contribution is 0.177. The normalized spacial score (nSPS) is 16.7. The summed E-state index contributed by atoms with van der Waals surface area (Å²) in [5.41, 5.74) is 4.40. The van der Waals surface area contributed by atoms with E-state index in [-0.39, 0.29) is 12.6 Å². The molecular formula is C28H27N5O4. The van der Waals surface area contributed by atoms with Crippen molar-refractivity contribution in [1.82, 2.24) is 15.1 Å². The molecule has 4 heterocycles. The second kappa shape index (κ2) is 10.0. The molecule has 0 spiro atoms. The van der Waals surface area contributed by atoms with Gasteiger partial charge in [-0.25, -0.2) is 9.97 Å². The number of benzene rings is 2. The van der Waals surface area contributed by atoms with Crippen molar-refractivity contribution < 1.29 is 19.2 Å². The van der Waals surface area contributed by atoms with Crippen LogP contribution in [0.25, 0.3) is 33.5 Å². The minimum Gasteiger partial charge on any atom is -0.465 e. The van der Waals surface area contributed by atoms with Crippen LogP contribution in [0.15, 0.2) is 82.1 Å². The van der Waals surface area contributed by atoms with Gasteiger partial charge in [0, 0.05) is 42.7 Å². The highest BCUT2D eigenvalue weighted by Crippen LogP contribution is 2.33. The standard InChI is InChI=1S/C28H27N5O4/c34-17-18-3-1-13-33(16-18)21-8-5-19(6-9-21)26-22-15-20(7-10-24(22)32-37-26)23-11-12-29-28(30-23)31-27(35)25-4-2-14-36-25/h2,4-12,14-15,18,27,34-35H,1,3,13,16-17H2,(H,29,30,31). The Kier molecular flexibility index (Phi) is 6.30. The number of nitrogens with zero attached hydrogens (tertiary/aromatic N) is 4. The molecule has 1 saturated heterocycles. The van der Waals surface area contributed by atoms with Gasteiger partial charge in [-0.05, 0) is 73.4 Å². The average Bonchev–Trinajstić information content (AvgIpc) is 3.64. The molecule has 2 aromatic carbocycles. The third kappa shape index (κ3) is 4.78. The van der Waals surface area contributed by atoms with E-state index in [9.17, 15) is 10.2 Å². The smallest absolute Gasteiger partial charge is 0.225 e. The van der Waals surface area contributed by atoms with Crippen LogP contribution in [0, 0.1) is 5.92 Å². The van der Waals surface area contributed by atoms with Gasteiger partial charge in [-0.1, -0.05) is 11.2 Å². The quantitative estimate of drug-likeness (QED) is 0.271. The lowest BCUT2D eigenvalue weighted by Crippen LogP contribution is -2.36. The van der Waals surface area contributed by atoms with Crippen molar-refractivity contribution in [2.45, 2.75) is 19.1 Å². The van der Waals surface area contributed by atoms with Gasteiger partial charge in [0.05, 0.1) is 17.3 Å². The SMILES string of the molecule is OCC1CCCN(c2ccc(-c3onc4ccc(-c5ccnc(NC(O)c6ccco6)n5)cc34)cc2)C1. The van der Waals surface area contributed by atoms with Crippen molar-refractivity contribution in [2.24, 2.45) is 5.92 Å². The maximum atomic E-state index is 10.3. The van der Waals surface area contributed by atoms with E-state index < -0.39 is 6.23 Å². The van der Waals surface area contributed by atoms with Gasteiger partial charge in [-0.3, -0.25) is 0 Å². The molecule has 2 atom stereocenters. The van der Waals surface area contributed by atoms with E-state index in [1.165, 1.54) is 6.26 Å². The van der Waals surface area contributed by atoms with Crippen LogP contribution in [0.5, 0.6) is 0 Å². The van der Waals surface area contributed by atoms with Crippen LogP contribution < -0.4 is 10.2 Å². The predicted molar refractivity (Wildman–Crippen MR) is 140 cm³/mol. The van der Waals surface area contributed by atoms with Crippen LogP contribution in [0.4, 0.5) is 11.6 Å². The fraction of sp³-hybridized carbons (Fsp3) is 0.250. The van der Waals surface area contributed by atoms with Gasteiger partial charge in [0.1, 0.15) is 5.52 Å². The molecule has 1 aliphatic rings. The molecule has 0 saturated carbocycles. The second-order valence-corrected chi connectivity index (χ2v) is 9.26. The second-order valence-electron chi connectivity index (χ2n) is 9.26. The summed E-state index contributed by atoms with van der Waals surface area (Å²) in [6.45, 7) is 2.10. The fourth-order valence-electron chi connectivity index (χ4n) is 4.81. The molecule has 37 heavy (non-hydrogen) atoms. The first-order valence-corrected chi connectivity index (χ1v) is 12.3.